The minimum absolute atomic E-state index is 0.775. The third kappa shape index (κ3) is 1.07. The Hall–Kier alpha value is -1.32. The van der Waals surface area contributed by atoms with Crippen LogP contribution in [0, 0.1) is 0 Å². The molecule has 0 radical (unpaired) electrons. The highest BCUT2D eigenvalue weighted by Crippen LogP contribution is 1.89. The highest BCUT2D eigenvalue weighted by atomic mass is 16.4. The van der Waals surface area contributed by atoms with Gasteiger partial charge in [0, 0.05) is 13.2 Å². The van der Waals surface area contributed by atoms with E-state index in [2.05, 4.69) is 10.3 Å². The van der Waals surface area contributed by atoms with Gasteiger partial charge in [0.1, 0.15) is 0 Å². The fraction of sp³-hybridized carbons (Fsp3) is 0.200. The molecule has 9 heavy (non-hydrogen) atoms. The lowest BCUT2D eigenvalue weighted by atomic mass is 10.5. The van der Waals surface area contributed by atoms with Crippen LogP contribution in [0.15, 0.2) is 17.4 Å². The normalized spacial score (nSPS) is 10.8. The van der Waals surface area contributed by atoms with E-state index in [1.807, 2.05) is 0 Å². The first kappa shape index (κ1) is 5.81. The summed E-state index contributed by atoms with van der Waals surface area (Å²) in [6.07, 6.45) is 2.96. The molecule has 0 aliphatic carbocycles. The summed E-state index contributed by atoms with van der Waals surface area (Å²) in [6.45, 7) is 0. The Morgan fingerprint density at radius 1 is 1.89 bits per heavy atom. The Balaban J connectivity index is 2.94. The number of rotatable bonds is 1. The number of aromatic nitrogens is 2. The Kier molecular flexibility index (Phi) is 1.48. The maximum atomic E-state index is 8.09. The summed E-state index contributed by atoms with van der Waals surface area (Å²) in [5, 5.41) is 14.8. The zero-order valence-corrected chi connectivity index (χ0v) is 5.02. The third-order valence-electron chi connectivity index (χ3n) is 1.05. The lowest BCUT2D eigenvalue weighted by Gasteiger charge is -1.88. The maximum Gasteiger partial charge on any atom is 0.0914 e. The fourth-order valence-corrected chi connectivity index (χ4v) is 0.570. The summed E-state index contributed by atoms with van der Waals surface area (Å²) >= 11 is 0. The van der Waals surface area contributed by atoms with Gasteiger partial charge < -0.3 is 5.21 Å². The molecule has 0 spiro atoms. The van der Waals surface area contributed by atoms with Gasteiger partial charge in [-0.1, -0.05) is 5.16 Å². The van der Waals surface area contributed by atoms with E-state index < -0.39 is 0 Å². The summed E-state index contributed by atoms with van der Waals surface area (Å²) in [7, 11) is 1.77. The van der Waals surface area contributed by atoms with Crippen molar-refractivity contribution in [3.8, 4) is 0 Å². The average molecular weight is 125 g/mol. The minimum Gasteiger partial charge on any atom is -0.411 e. The number of hydrogen-bond acceptors (Lipinski definition) is 3. The number of hydrogen-bond donors (Lipinski definition) is 1. The van der Waals surface area contributed by atoms with Gasteiger partial charge in [0.25, 0.3) is 0 Å². The summed E-state index contributed by atoms with van der Waals surface area (Å²) in [5.41, 5.74) is 0.775. The number of oxime groups is 1. The van der Waals surface area contributed by atoms with Crippen LogP contribution in [0.3, 0.4) is 0 Å². The van der Waals surface area contributed by atoms with Gasteiger partial charge in [-0.05, 0) is 6.07 Å². The zero-order chi connectivity index (χ0) is 6.69. The number of nitrogens with zero attached hydrogens (tertiary/aromatic N) is 3. The highest BCUT2D eigenvalue weighted by molar-refractivity contribution is 5.76. The average Bonchev–Trinajstić information content (AvgIpc) is 2.18. The van der Waals surface area contributed by atoms with Crippen LogP contribution in [0.25, 0.3) is 0 Å². The first-order chi connectivity index (χ1) is 4.34. The zero-order valence-electron chi connectivity index (χ0n) is 5.02. The van der Waals surface area contributed by atoms with Gasteiger partial charge in [0.05, 0.1) is 11.9 Å². The summed E-state index contributed by atoms with van der Waals surface area (Å²) < 4.78 is 1.61. The third-order valence-corrected chi connectivity index (χ3v) is 1.05. The predicted molar refractivity (Wildman–Crippen MR) is 32.6 cm³/mol. The molecule has 0 aromatic carbocycles. The molecule has 1 aromatic rings. The van der Waals surface area contributed by atoms with Crippen LogP contribution < -0.4 is 0 Å². The molecule has 0 atom stereocenters. The topological polar surface area (TPSA) is 50.4 Å². The molecule has 0 saturated heterocycles. The van der Waals surface area contributed by atoms with Gasteiger partial charge in [0.2, 0.25) is 0 Å². The smallest absolute Gasteiger partial charge is 0.0914 e. The Labute approximate surface area is 52.4 Å². The standard InChI is InChI=1S/C5H7N3O/c1-8-5(4-7-9)2-3-6-8/h2-4,9H,1H3. The molecular weight excluding hydrogens is 118 g/mol. The minimum atomic E-state index is 0.775. The van der Waals surface area contributed by atoms with Crippen LogP contribution in [0.2, 0.25) is 0 Å². The van der Waals surface area contributed by atoms with Crippen molar-refractivity contribution in [2.45, 2.75) is 0 Å². The van der Waals surface area contributed by atoms with Crippen LogP contribution in [-0.2, 0) is 7.05 Å². The summed E-state index contributed by atoms with van der Waals surface area (Å²) in [6, 6.07) is 1.75. The van der Waals surface area contributed by atoms with E-state index in [0.717, 1.165) is 5.69 Å². The molecule has 0 amide bonds. The van der Waals surface area contributed by atoms with E-state index in [9.17, 15) is 0 Å². The molecule has 48 valence electrons. The number of aryl methyl sites for hydroxylation is 1. The molecule has 0 aliphatic heterocycles. The van der Waals surface area contributed by atoms with Crippen LogP contribution in [0.5, 0.6) is 0 Å². The molecule has 4 heteroatoms. The van der Waals surface area contributed by atoms with Gasteiger partial charge in [0.15, 0.2) is 0 Å². The van der Waals surface area contributed by atoms with Crippen molar-refractivity contribution in [2.75, 3.05) is 0 Å². The molecule has 4 nitrogen and oxygen atoms in total. The lowest BCUT2D eigenvalue weighted by Crippen LogP contribution is -1.95. The fourth-order valence-electron chi connectivity index (χ4n) is 0.570. The van der Waals surface area contributed by atoms with E-state index in [1.54, 1.807) is 24.0 Å². The van der Waals surface area contributed by atoms with Crippen LogP contribution >= 0.6 is 0 Å². The second-order valence-corrected chi connectivity index (χ2v) is 1.62. The van der Waals surface area contributed by atoms with Gasteiger partial charge in [-0.3, -0.25) is 4.68 Å². The van der Waals surface area contributed by atoms with Crippen molar-refractivity contribution in [3.63, 3.8) is 0 Å². The van der Waals surface area contributed by atoms with E-state index in [1.165, 1.54) is 6.21 Å². The van der Waals surface area contributed by atoms with E-state index >= 15 is 0 Å². The molecule has 1 N–H and O–H groups in total. The largest absolute Gasteiger partial charge is 0.411 e. The quantitative estimate of drug-likeness (QED) is 0.332. The lowest BCUT2D eigenvalue weighted by molar-refractivity contribution is 0.321. The molecule has 1 aromatic heterocycles. The van der Waals surface area contributed by atoms with Crippen LogP contribution in [0.4, 0.5) is 0 Å². The van der Waals surface area contributed by atoms with Crippen molar-refractivity contribution < 1.29 is 5.21 Å². The first-order valence-electron chi connectivity index (χ1n) is 2.50. The molecule has 0 fully saturated rings. The van der Waals surface area contributed by atoms with Gasteiger partial charge >= 0.3 is 0 Å². The highest BCUT2D eigenvalue weighted by Gasteiger charge is 1.90. The summed E-state index contributed by atoms with van der Waals surface area (Å²) in [5.74, 6) is 0. The molecule has 0 aliphatic rings. The van der Waals surface area contributed by atoms with Crippen LogP contribution in [-0.4, -0.2) is 21.2 Å². The Morgan fingerprint density at radius 3 is 3.11 bits per heavy atom. The van der Waals surface area contributed by atoms with Crippen molar-refractivity contribution in [1.29, 1.82) is 0 Å². The van der Waals surface area contributed by atoms with Crippen molar-refractivity contribution in [3.05, 3.63) is 18.0 Å². The molecule has 1 heterocycles. The monoisotopic (exact) mass is 125 g/mol. The van der Waals surface area contributed by atoms with E-state index in [0.29, 0.717) is 0 Å². The molecular formula is C5H7N3O. The van der Waals surface area contributed by atoms with Crippen molar-refractivity contribution in [2.24, 2.45) is 12.2 Å². The molecule has 0 unspecified atom stereocenters. The second-order valence-electron chi connectivity index (χ2n) is 1.62. The second kappa shape index (κ2) is 2.30. The molecule has 1 rings (SSSR count). The van der Waals surface area contributed by atoms with E-state index in [4.69, 9.17) is 5.21 Å². The van der Waals surface area contributed by atoms with E-state index in [-0.39, 0.29) is 0 Å². The SMILES string of the molecule is Cn1nccc1C=NO. The molecule has 0 saturated carbocycles. The predicted octanol–water partition coefficient (Wildman–Crippen LogP) is 0.228. The van der Waals surface area contributed by atoms with Gasteiger partial charge in [-0.15, -0.1) is 0 Å². The Morgan fingerprint density at radius 2 is 2.67 bits per heavy atom. The van der Waals surface area contributed by atoms with Crippen molar-refractivity contribution >= 4 is 6.21 Å². The van der Waals surface area contributed by atoms with Gasteiger partial charge in [-0.2, -0.15) is 5.10 Å². The Bertz CT molecular complexity index is 216. The van der Waals surface area contributed by atoms with Gasteiger partial charge in [-0.25, -0.2) is 0 Å². The maximum absolute atomic E-state index is 8.09. The molecule has 0 bridgehead atoms. The summed E-state index contributed by atoms with van der Waals surface area (Å²) in [4.78, 5) is 0. The van der Waals surface area contributed by atoms with Crippen molar-refractivity contribution in [1.82, 2.24) is 9.78 Å². The first-order valence-corrected chi connectivity index (χ1v) is 2.50. The van der Waals surface area contributed by atoms with Crippen LogP contribution in [0.1, 0.15) is 5.69 Å².